The first-order valence-corrected chi connectivity index (χ1v) is 7.38. The van der Waals surface area contributed by atoms with Gasteiger partial charge in [0, 0.05) is 11.8 Å². The predicted molar refractivity (Wildman–Crippen MR) is 70.9 cm³/mol. The summed E-state index contributed by atoms with van der Waals surface area (Å²) in [6.07, 6.45) is 11.9. The van der Waals surface area contributed by atoms with Crippen LogP contribution in [-0.2, 0) is 9.53 Å². The highest BCUT2D eigenvalue weighted by atomic mass is 16.5. The third-order valence-electron chi connectivity index (χ3n) is 4.02. The predicted octanol–water partition coefficient (Wildman–Crippen LogP) is 4.47. The van der Waals surface area contributed by atoms with Crippen molar-refractivity contribution < 1.29 is 9.53 Å². The van der Waals surface area contributed by atoms with Gasteiger partial charge in [0.15, 0.2) is 0 Å². The van der Waals surface area contributed by atoms with Crippen LogP contribution in [0.25, 0.3) is 0 Å². The molecule has 2 heteroatoms. The van der Waals surface area contributed by atoms with Gasteiger partial charge in [0.1, 0.15) is 0 Å². The van der Waals surface area contributed by atoms with Crippen molar-refractivity contribution in [1.82, 2.24) is 0 Å². The topological polar surface area (TPSA) is 26.3 Å². The maximum Gasteiger partial charge on any atom is 0.305 e. The molecule has 0 radical (unpaired) electrons. The van der Waals surface area contributed by atoms with Crippen LogP contribution in [-0.4, -0.2) is 12.6 Å². The maximum atomic E-state index is 11.2. The zero-order chi connectivity index (χ0) is 12.6. The number of rotatable bonds is 8. The fraction of sp³-hybridized carbons (Fsp3) is 0.933. The minimum absolute atomic E-state index is 0.00526. The van der Waals surface area contributed by atoms with Crippen LogP contribution >= 0.6 is 0 Å². The van der Waals surface area contributed by atoms with Crippen LogP contribution in [0.5, 0.6) is 0 Å². The molecule has 0 N–H and O–H groups in total. The molecule has 100 valence electrons. The Morgan fingerprint density at radius 2 is 1.76 bits per heavy atom. The largest absolute Gasteiger partial charge is 0.465 e. The van der Waals surface area contributed by atoms with Crippen LogP contribution in [0.2, 0.25) is 0 Å². The summed E-state index contributed by atoms with van der Waals surface area (Å²) >= 11 is 0. The molecular formula is C15H28O2. The molecule has 1 fully saturated rings. The molecule has 2 nitrogen and oxygen atoms in total. The average molecular weight is 240 g/mol. The van der Waals surface area contributed by atoms with Crippen molar-refractivity contribution in [3.05, 3.63) is 0 Å². The molecule has 0 aromatic heterocycles. The maximum absolute atomic E-state index is 11.2. The van der Waals surface area contributed by atoms with Gasteiger partial charge in [0.05, 0.1) is 6.61 Å². The van der Waals surface area contributed by atoms with Crippen molar-refractivity contribution in [1.29, 1.82) is 0 Å². The monoisotopic (exact) mass is 240 g/mol. The van der Waals surface area contributed by atoms with Crippen LogP contribution in [0.4, 0.5) is 0 Å². The normalized spacial score (nSPS) is 24.7. The highest BCUT2D eigenvalue weighted by Crippen LogP contribution is 2.39. The standard InChI is InChI=1S/C15H28O2/c1-3-5-7-8-11-15(10-6-4-2)12-9-14(16)17-13-15/h3-13H2,1-2H3. The number of hydrogen-bond acceptors (Lipinski definition) is 2. The van der Waals surface area contributed by atoms with Gasteiger partial charge in [-0.25, -0.2) is 0 Å². The van der Waals surface area contributed by atoms with Gasteiger partial charge in [0.2, 0.25) is 0 Å². The molecule has 0 amide bonds. The zero-order valence-electron chi connectivity index (χ0n) is 11.6. The summed E-state index contributed by atoms with van der Waals surface area (Å²) in [5, 5.41) is 0. The van der Waals surface area contributed by atoms with E-state index in [0.29, 0.717) is 18.4 Å². The number of esters is 1. The van der Waals surface area contributed by atoms with Crippen LogP contribution in [0.15, 0.2) is 0 Å². The van der Waals surface area contributed by atoms with Crippen molar-refractivity contribution in [3.8, 4) is 0 Å². The first-order chi connectivity index (χ1) is 8.22. The second kappa shape index (κ2) is 7.73. The van der Waals surface area contributed by atoms with E-state index in [2.05, 4.69) is 13.8 Å². The molecule has 0 saturated carbocycles. The lowest BCUT2D eigenvalue weighted by Gasteiger charge is -2.36. The highest BCUT2D eigenvalue weighted by Gasteiger charge is 2.34. The molecule has 0 aromatic carbocycles. The molecule has 0 spiro atoms. The molecule has 0 aromatic rings. The van der Waals surface area contributed by atoms with Crippen molar-refractivity contribution in [2.75, 3.05) is 6.61 Å². The van der Waals surface area contributed by atoms with E-state index in [-0.39, 0.29) is 5.97 Å². The molecule has 0 aliphatic carbocycles. The minimum Gasteiger partial charge on any atom is -0.465 e. The zero-order valence-corrected chi connectivity index (χ0v) is 11.6. The van der Waals surface area contributed by atoms with Crippen molar-refractivity contribution in [2.24, 2.45) is 5.41 Å². The number of unbranched alkanes of at least 4 members (excludes halogenated alkanes) is 4. The van der Waals surface area contributed by atoms with Crippen LogP contribution < -0.4 is 0 Å². The second-order valence-electron chi connectivity index (χ2n) is 5.57. The summed E-state index contributed by atoms with van der Waals surface area (Å²) in [6.45, 7) is 5.16. The Morgan fingerprint density at radius 3 is 2.35 bits per heavy atom. The van der Waals surface area contributed by atoms with E-state index in [0.717, 1.165) is 6.42 Å². The van der Waals surface area contributed by atoms with Crippen LogP contribution in [0.3, 0.4) is 0 Å². The van der Waals surface area contributed by atoms with Gasteiger partial charge >= 0.3 is 5.97 Å². The van der Waals surface area contributed by atoms with E-state index < -0.39 is 0 Å². The van der Waals surface area contributed by atoms with E-state index in [1.54, 1.807) is 0 Å². The molecule has 1 aliphatic heterocycles. The number of carbonyl (C=O) groups excluding carboxylic acids is 1. The fourth-order valence-corrected chi connectivity index (χ4v) is 2.74. The Morgan fingerprint density at radius 1 is 1.06 bits per heavy atom. The van der Waals surface area contributed by atoms with E-state index in [4.69, 9.17) is 4.74 Å². The van der Waals surface area contributed by atoms with Gasteiger partial charge in [0.25, 0.3) is 0 Å². The lowest BCUT2D eigenvalue weighted by atomic mass is 9.74. The fourth-order valence-electron chi connectivity index (χ4n) is 2.74. The number of ether oxygens (including phenoxy) is 1. The summed E-state index contributed by atoms with van der Waals surface area (Å²) in [5.74, 6) is 0.00526. The molecule has 1 rings (SSSR count). The Labute approximate surface area is 106 Å². The van der Waals surface area contributed by atoms with Crippen molar-refractivity contribution >= 4 is 5.97 Å². The quantitative estimate of drug-likeness (QED) is 0.462. The summed E-state index contributed by atoms with van der Waals surface area (Å²) in [6, 6.07) is 0. The van der Waals surface area contributed by atoms with Gasteiger partial charge in [-0.3, -0.25) is 4.79 Å². The van der Waals surface area contributed by atoms with Crippen molar-refractivity contribution in [3.63, 3.8) is 0 Å². The highest BCUT2D eigenvalue weighted by molar-refractivity contribution is 5.70. The minimum atomic E-state index is 0.00526. The molecular weight excluding hydrogens is 212 g/mol. The van der Waals surface area contributed by atoms with Gasteiger partial charge in [-0.1, -0.05) is 52.4 Å². The Balaban J connectivity index is 2.38. The van der Waals surface area contributed by atoms with Gasteiger partial charge in [-0.15, -0.1) is 0 Å². The van der Waals surface area contributed by atoms with Crippen molar-refractivity contribution in [2.45, 2.75) is 78.1 Å². The third-order valence-corrected chi connectivity index (χ3v) is 4.02. The smallest absolute Gasteiger partial charge is 0.305 e. The Kier molecular flexibility index (Phi) is 6.61. The van der Waals surface area contributed by atoms with E-state index >= 15 is 0 Å². The summed E-state index contributed by atoms with van der Waals surface area (Å²) < 4.78 is 5.31. The lowest BCUT2D eigenvalue weighted by Crippen LogP contribution is -2.34. The summed E-state index contributed by atoms with van der Waals surface area (Å²) in [4.78, 5) is 11.2. The molecule has 1 unspecified atom stereocenters. The number of cyclic esters (lactones) is 1. The van der Waals surface area contributed by atoms with Gasteiger partial charge in [-0.2, -0.15) is 0 Å². The van der Waals surface area contributed by atoms with E-state index in [9.17, 15) is 4.79 Å². The van der Waals surface area contributed by atoms with Crippen LogP contribution in [0.1, 0.15) is 78.1 Å². The molecule has 0 bridgehead atoms. The molecule has 1 saturated heterocycles. The van der Waals surface area contributed by atoms with E-state index in [1.165, 1.54) is 51.4 Å². The Bertz CT molecular complexity index is 213. The van der Waals surface area contributed by atoms with E-state index in [1.807, 2.05) is 0 Å². The lowest BCUT2D eigenvalue weighted by molar-refractivity contribution is -0.155. The molecule has 1 heterocycles. The number of carbonyl (C=O) groups is 1. The third kappa shape index (κ3) is 5.10. The van der Waals surface area contributed by atoms with Crippen LogP contribution in [0, 0.1) is 5.41 Å². The Hall–Kier alpha value is -0.530. The molecule has 17 heavy (non-hydrogen) atoms. The molecule has 1 atom stereocenters. The SMILES string of the molecule is CCCCCCC1(CCCC)CCC(=O)OC1. The molecule has 1 aliphatic rings. The number of hydrogen-bond donors (Lipinski definition) is 0. The van der Waals surface area contributed by atoms with Gasteiger partial charge < -0.3 is 4.74 Å². The van der Waals surface area contributed by atoms with Gasteiger partial charge in [-0.05, 0) is 19.3 Å². The second-order valence-corrected chi connectivity index (χ2v) is 5.57. The average Bonchev–Trinajstić information content (AvgIpc) is 2.36. The summed E-state index contributed by atoms with van der Waals surface area (Å²) in [5.41, 5.74) is 0.317. The first-order valence-electron chi connectivity index (χ1n) is 7.38. The summed E-state index contributed by atoms with van der Waals surface area (Å²) in [7, 11) is 0. The first kappa shape index (κ1) is 14.5.